The molecule has 0 saturated heterocycles. The lowest BCUT2D eigenvalue weighted by Crippen LogP contribution is -2.26. The summed E-state index contributed by atoms with van der Waals surface area (Å²) >= 11 is 1.42. The van der Waals surface area contributed by atoms with Crippen LogP contribution in [0.15, 0.2) is 63.3 Å². The van der Waals surface area contributed by atoms with E-state index >= 15 is 0 Å². The number of nitrogens with zero attached hydrogens (tertiary/aromatic N) is 1. The molecule has 0 saturated carbocycles. The highest BCUT2D eigenvalue weighted by atomic mass is 32.2. The molecule has 0 aromatic heterocycles. The van der Waals surface area contributed by atoms with Gasteiger partial charge in [0.15, 0.2) is 5.96 Å². The van der Waals surface area contributed by atoms with Gasteiger partial charge in [0, 0.05) is 22.0 Å². The minimum absolute atomic E-state index is 0.633. The number of anilines is 1. The van der Waals surface area contributed by atoms with E-state index in [1.54, 1.807) is 0 Å². The van der Waals surface area contributed by atoms with Crippen molar-refractivity contribution in [3.63, 3.8) is 0 Å². The summed E-state index contributed by atoms with van der Waals surface area (Å²) in [6, 6.07) is 12.8. The number of halogens is 3. The van der Waals surface area contributed by atoms with Crippen molar-refractivity contribution >= 4 is 23.4 Å². The molecule has 0 atom stereocenters. The van der Waals surface area contributed by atoms with Gasteiger partial charge in [-0.3, -0.25) is 4.99 Å². The zero-order valence-corrected chi connectivity index (χ0v) is 12.8. The number of aliphatic imine (C=N–C) groups is 1. The highest BCUT2D eigenvalue weighted by molar-refractivity contribution is 7.99. The van der Waals surface area contributed by atoms with Gasteiger partial charge in [-0.25, -0.2) is 0 Å². The third-order valence-corrected chi connectivity index (χ3v) is 4.22. The van der Waals surface area contributed by atoms with Crippen molar-refractivity contribution in [3.8, 4) is 0 Å². The van der Waals surface area contributed by atoms with Crippen molar-refractivity contribution in [2.75, 3.05) is 18.4 Å². The van der Waals surface area contributed by atoms with Crippen LogP contribution in [0.25, 0.3) is 0 Å². The summed E-state index contributed by atoms with van der Waals surface area (Å²) < 4.78 is 37.6. The molecule has 2 aromatic carbocycles. The maximum absolute atomic E-state index is 12.5. The first-order valence-corrected chi connectivity index (χ1v) is 7.83. The van der Waals surface area contributed by atoms with Crippen LogP contribution in [0, 0.1) is 0 Å². The lowest BCUT2D eigenvalue weighted by Gasteiger charge is -2.09. The van der Waals surface area contributed by atoms with Crippen molar-refractivity contribution in [3.05, 3.63) is 54.1 Å². The van der Waals surface area contributed by atoms with E-state index in [0.29, 0.717) is 0 Å². The number of guanidine groups is 1. The topological polar surface area (TPSA) is 36.4 Å². The van der Waals surface area contributed by atoms with Crippen molar-refractivity contribution in [1.29, 1.82) is 0 Å². The summed E-state index contributed by atoms with van der Waals surface area (Å²) in [5.41, 5.74) is 0.279. The quantitative estimate of drug-likeness (QED) is 0.880. The van der Waals surface area contributed by atoms with Crippen LogP contribution in [-0.4, -0.2) is 19.0 Å². The lowest BCUT2D eigenvalue weighted by atomic mass is 10.2. The zero-order valence-electron chi connectivity index (χ0n) is 12.0. The second-order valence-corrected chi connectivity index (χ2v) is 6.08. The second kappa shape index (κ2) is 6.54. The molecule has 1 aliphatic rings. The van der Waals surface area contributed by atoms with Gasteiger partial charge in [-0.1, -0.05) is 11.8 Å². The predicted octanol–water partition coefficient (Wildman–Crippen LogP) is 4.23. The van der Waals surface area contributed by atoms with Crippen molar-refractivity contribution in [1.82, 2.24) is 5.32 Å². The standard InChI is InChI=1S/C16H14F3N3S/c17-16(18,19)11-1-5-13(6-2-11)23-14-7-3-12(4-8-14)22-15-20-9-10-21-15/h1-8H,9-10H2,(H2,20,21,22). The van der Waals surface area contributed by atoms with Crippen LogP contribution >= 0.6 is 11.8 Å². The van der Waals surface area contributed by atoms with Gasteiger partial charge < -0.3 is 10.6 Å². The van der Waals surface area contributed by atoms with Crippen molar-refractivity contribution in [2.45, 2.75) is 16.0 Å². The molecule has 2 N–H and O–H groups in total. The van der Waals surface area contributed by atoms with Crippen LogP contribution in [-0.2, 0) is 6.18 Å². The van der Waals surface area contributed by atoms with Crippen LogP contribution < -0.4 is 10.6 Å². The summed E-state index contributed by atoms with van der Waals surface area (Å²) in [4.78, 5) is 5.97. The van der Waals surface area contributed by atoms with Crippen molar-refractivity contribution in [2.24, 2.45) is 4.99 Å². The molecule has 0 amide bonds. The molecule has 3 rings (SSSR count). The summed E-state index contributed by atoms with van der Waals surface area (Å²) in [5, 5.41) is 6.28. The highest BCUT2D eigenvalue weighted by Crippen LogP contribution is 2.33. The molecule has 1 aliphatic heterocycles. The number of rotatable bonds is 3. The van der Waals surface area contributed by atoms with Crippen LogP contribution in [0.4, 0.5) is 18.9 Å². The maximum Gasteiger partial charge on any atom is 0.416 e. The number of hydrogen-bond donors (Lipinski definition) is 2. The van der Waals surface area contributed by atoms with Gasteiger partial charge in [0.1, 0.15) is 0 Å². The van der Waals surface area contributed by atoms with Gasteiger partial charge in [-0.2, -0.15) is 13.2 Å². The Balaban J connectivity index is 1.63. The molecule has 3 nitrogen and oxygen atoms in total. The molecule has 0 bridgehead atoms. The van der Waals surface area contributed by atoms with E-state index in [1.807, 2.05) is 24.3 Å². The molecule has 120 valence electrons. The third kappa shape index (κ3) is 4.19. The zero-order chi connectivity index (χ0) is 16.3. The van der Waals surface area contributed by atoms with E-state index < -0.39 is 11.7 Å². The van der Waals surface area contributed by atoms with E-state index in [0.717, 1.165) is 46.7 Å². The maximum atomic E-state index is 12.5. The van der Waals surface area contributed by atoms with E-state index in [1.165, 1.54) is 23.9 Å². The Morgan fingerprint density at radius 1 is 0.957 bits per heavy atom. The number of hydrogen-bond acceptors (Lipinski definition) is 4. The first kappa shape index (κ1) is 15.7. The number of alkyl halides is 3. The van der Waals surface area contributed by atoms with Gasteiger partial charge in [0.25, 0.3) is 0 Å². The SMILES string of the molecule is FC(F)(F)c1ccc(Sc2ccc(NC3=NCCN3)cc2)cc1. The lowest BCUT2D eigenvalue weighted by molar-refractivity contribution is -0.137. The summed E-state index contributed by atoms with van der Waals surface area (Å²) in [5.74, 6) is 0.758. The smallest absolute Gasteiger partial charge is 0.354 e. The molecule has 2 aromatic rings. The molecular weight excluding hydrogens is 323 g/mol. The van der Waals surface area contributed by atoms with Crippen LogP contribution in [0.3, 0.4) is 0 Å². The summed E-state index contributed by atoms with van der Waals surface area (Å²) in [7, 11) is 0. The monoisotopic (exact) mass is 337 g/mol. The first-order chi connectivity index (χ1) is 11.0. The van der Waals surface area contributed by atoms with Crippen LogP contribution in [0.1, 0.15) is 5.56 Å². The highest BCUT2D eigenvalue weighted by Gasteiger charge is 2.29. The fourth-order valence-corrected chi connectivity index (χ4v) is 2.89. The molecule has 0 spiro atoms. The van der Waals surface area contributed by atoms with Crippen LogP contribution in [0.5, 0.6) is 0 Å². The molecule has 23 heavy (non-hydrogen) atoms. The Morgan fingerprint density at radius 3 is 2.09 bits per heavy atom. The third-order valence-electron chi connectivity index (χ3n) is 3.21. The average molecular weight is 337 g/mol. The molecule has 1 heterocycles. The average Bonchev–Trinajstić information content (AvgIpc) is 3.02. The van der Waals surface area contributed by atoms with Gasteiger partial charge >= 0.3 is 6.18 Å². The van der Waals surface area contributed by atoms with Gasteiger partial charge in [-0.05, 0) is 48.5 Å². The van der Waals surface area contributed by atoms with E-state index in [2.05, 4.69) is 15.6 Å². The van der Waals surface area contributed by atoms with Gasteiger partial charge in [-0.15, -0.1) is 0 Å². The number of benzene rings is 2. The first-order valence-electron chi connectivity index (χ1n) is 7.01. The van der Waals surface area contributed by atoms with Gasteiger partial charge in [0.2, 0.25) is 0 Å². The molecule has 0 fully saturated rings. The molecule has 7 heteroatoms. The van der Waals surface area contributed by atoms with E-state index in [9.17, 15) is 13.2 Å². The summed E-state index contributed by atoms with van der Waals surface area (Å²) in [6.07, 6.45) is -4.30. The van der Waals surface area contributed by atoms with Gasteiger partial charge in [0.05, 0.1) is 12.1 Å². The second-order valence-electron chi connectivity index (χ2n) is 4.93. The number of nitrogens with one attached hydrogen (secondary N) is 2. The molecule has 0 unspecified atom stereocenters. The Hall–Kier alpha value is -2.15. The Kier molecular flexibility index (Phi) is 4.47. The molecular formula is C16H14F3N3S. The predicted molar refractivity (Wildman–Crippen MR) is 85.9 cm³/mol. The Bertz CT molecular complexity index is 694. The molecule has 0 aliphatic carbocycles. The molecule has 0 radical (unpaired) electrons. The largest absolute Gasteiger partial charge is 0.416 e. The Morgan fingerprint density at radius 2 is 1.57 bits per heavy atom. The van der Waals surface area contributed by atoms with Crippen molar-refractivity contribution < 1.29 is 13.2 Å². The minimum atomic E-state index is -4.30. The Labute approximate surface area is 136 Å². The van der Waals surface area contributed by atoms with E-state index in [4.69, 9.17) is 0 Å². The normalized spacial score (nSPS) is 14.3. The van der Waals surface area contributed by atoms with E-state index in [-0.39, 0.29) is 0 Å². The summed E-state index contributed by atoms with van der Waals surface area (Å²) in [6.45, 7) is 1.61. The minimum Gasteiger partial charge on any atom is -0.354 e. The van der Waals surface area contributed by atoms with Crippen LogP contribution in [0.2, 0.25) is 0 Å². The fourth-order valence-electron chi connectivity index (χ4n) is 2.07. The fraction of sp³-hybridized carbons (Fsp3) is 0.188.